The number of ketones is 1. The zero-order chi connectivity index (χ0) is 38.5. The molecule has 0 spiro atoms. The first kappa shape index (κ1) is 38.3. The van der Waals surface area contributed by atoms with Crippen molar-refractivity contribution in [2.75, 3.05) is 20.2 Å². The van der Waals surface area contributed by atoms with Crippen molar-refractivity contribution in [1.29, 1.82) is 0 Å². The van der Waals surface area contributed by atoms with Crippen LogP contribution in [0.25, 0.3) is 6.08 Å². The molecule has 2 bridgehead atoms. The Balaban J connectivity index is 1.27. The molecule has 2 amide bonds. The van der Waals surface area contributed by atoms with Crippen LogP contribution in [0, 0.1) is 5.92 Å². The summed E-state index contributed by atoms with van der Waals surface area (Å²) in [7, 11) is 1.52. The summed E-state index contributed by atoms with van der Waals surface area (Å²) in [5.74, 6) is -2.46. The summed E-state index contributed by atoms with van der Waals surface area (Å²) >= 11 is 0. The number of aromatic hydroxyl groups is 2. The number of piperidine rings is 1. The third-order valence-corrected chi connectivity index (χ3v) is 10.8. The number of methoxy groups -OCH3 is 1. The first-order valence-corrected chi connectivity index (χ1v) is 18.8. The minimum Gasteiger partial charge on any atom is -0.507 e. The van der Waals surface area contributed by atoms with Crippen LogP contribution in [0.15, 0.2) is 59.4 Å². The van der Waals surface area contributed by atoms with E-state index < -0.39 is 35.7 Å². The highest BCUT2D eigenvalue weighted by Crippen LogP contribution is 2.44. The number of nitrogens with zero attached hydrogens (tertiary/aromatic N) is 2. The SMILES string of the molecule is COc1ccc(C(CC(=O)N[C@@H](C)C(=O)N2C[C@H]3C[C@@H](C2)c2cccc(=O)n2C3)c2c(O)cc3c(c2O)C(=O)O[C@@H](C)CCCC(=O)CCCC=C3)cc1. The molecule has 3 aromatic rings. The van der Waals surface area contributed by atoms with Gasteiger partial charge in [0.05, 0.1) is 13.2 Å². The van der Waals surface area contributed by atoms with Crippen LogP contribution in [0.2, 0.25) is 0 Å². The molecule has 1 aromatic heterocycles. The number of fused-ring (bicyclic) bond motifs is 5. The van der Waals surface area contributed by atoms with Gasteiger partial charge >= 0.3 is 5.97 Å². The Kier molecular flexibility index (Phi) is 11.9. The van der Waals surface area contributed by atoms with E-state index in [0.29, 0.717) is 69.5 Å². The smallest absolute Gasteiger partial charge is 0.342 e. The van der Waals surface area contributed by atoms with Gasteiger partial charge < -0.3 is 34.5 Å². The van der Waals surface area contributed by atoms with Crippen LogP contribution >= 0.6 is 0 Å². The number of cyclic esters (lactones) is 1. The minimum atomic E-state index is -0.944. The second-order valence-corrected chi connectivity index (χ2v) is 14.8. The Morgan fingerprint density at radius 2 is 1.78 bits per heavy atom. The molecule has 3 N–H and O–H groups in total. The number of rotatable bonds is 7. The van der Waals surface area contributed by atoms with Crippen LogP contribution in [0.4, 0.5) is 0 Å². The number of phenolic OH excluding ortho intramolecular Hbond substituents is 2. The number of carbonyl (C=O) groups excluding carboxylic acids is 4. The number of likely N-dealkylation sites (tertiary alicyclic amines) is 1. The Hall–Kier alpha value is -5.39. The molecule has 4 heterocycles. The first-order chi connectivity index (χ1) is 25.9. The average Bonchev–Trinajstić information content (AvgIpc) is 3.13. The first-order valence-electron chi connectivity index (χ1n) is 18.8. The molecule has 3 aliphatic heterocycles. The van der Waals surface area contributed by atoms with Gasteiger partial charge in [0.25, 0.3) is 5.56 Å². The monoisotopic (exact) mass is 739 g/mol. The maximum atomic E-state index is 13.8. The number of allylic oxidation sites excluding steroid dienone is 1. The number of pyridine rings is 1. The molecule has 54 heavy (non-hydrogen) atoms. The zero-order valence-corrected chi connectivity index (χ0v) is 31.1. The Bertz CT molecular complexity index is 1990. The third kappa shape index (κ3) is 8.53. The number of hydrogen-bond donors (Lipinski definition) is 3. The van der Waals surface area contributed by atoms with Crippen molar-refractivity contribution in [3.05, 3.63) is 92.9 Å². The summed E-state index contributed by atoms with van der Waals surface area (Å²) in [5, 5.41) is 26.2. The predicted molar refractivity (Wildman–Crippen MR) is 202 cm³/mol. The normalized spacial score (nSPS) is 21.5. The molecule has 286 valence electrons. The molecule has 3 aliphatic rings. The molecular formula is C42H49N3O9. The number of phenols is 2. The second kappa shape index (κ2) is 16.7. The molecule has 12 nitrogen and oxygen atoms in total. The van der Waals surface area contributed by atoms with Crippen molar-refractivity contribution in [1.82, 2.24) is 14.8 Å². The highest BCUT2D eigenvalue weighted by Gasteiger charge is 2.38. The Morgan fingerprint density at radius 3 is 2.54 bits per heavy atom. The van der Waals surface area contributed by atoms with Gasteiger partial charge in [-0.1, -0.05) is 30.4 Å². The predicted octanol–water partition coefficient (Wildman–Crippen LogP) is 5.42. The molecule has 0 radical (unpaired) electrons. The van der Waals surface area contributed by atoms with E-state index in [2.05, 4.69) is 5.32 Å². The van der Waals surface area contributed by atoms with Crippen molar-refractivity contribution in [3.8, 4) is 17.2 Å². The third-order valence-electron chi connectivity index (χ3n) is 10.8. The molecule has 0 saturated carbocycles. The Morgan fingerprint density at radius 1 is 1.02 bits per heavy atom. The maximum Gasteiger partial charge on any atom is 0.342 e. The van der Waals surface area contributed by atoms with Crippen LogP contribution in [0.5, 0.6) is 17.2 Å². The molecular weight excluding hydrogens is 690 g/mol. The molecule has 1 saturated heterocycles. The second-order valence-electron chi connectivity index (χ2n) is 14.8. The van der Waals surface area contributed by atoms with E-state index in [4.69, 9.17) is 9.47 Å². The number of ether oxygens (including phenoxy) is 2. The lowest BCUT2D eigenvalue weighted by atomic mass is 9.83. The van der Waals surface area contributed by atoms with Crippen molar-refractivity contribution in [2.45, 2.75) is 95.7 Å². The van der Waals surface area contributed by atoms with Crippen molar-refractivity contribution < 1.29 is 38.9 Å². The molecule has 5 atom stereocenters. The molecule has 12 heteroatoms. The van der Waals surface area contributed by atoms with E-state index in [-0.39, 0.29) is 57.9 Å². The number of esters is 1. The van der Waals surface area contributed by atoms with Crippen molar-refractivity contribution in [2.24, 2.45) is 5.92 Å². The number of carbonyl (C=O) groups is 4. The lowest BCUT2D eigenvalue weighted by Gasteiger charge is -2.43. The number of nitrogens with one attached hydrogen (secondary N) is 1. The highest BCUT2D eigenvalue weighted by atomic mass is 16.5. The fraction of sp³-hybridized carbons (Fsp3) is 0.452. The molecule has 6 rings (SSSR count). The molecule has 1 fully saturated rings. The van der Waals surface area contributed by atoms with Gasteiger partial charge in [-0.15, -0.1) is 0 Å². The van der Waals surface area contributed by atoms with Gasteiger partial charge in [-0.25, -0.2) is 4.79 Å². The van der Waals surface area contributed by atoms with E-state index in [9.17, 15) is 34.2 Å². The van der Waals surface area contributed by atoms with Gasteiger partial charge in [-0.2, -0.15) is 0 Å². The minimum absolute atomic E-state index is 0.0197. The van der Waals surface area contributed by atoms with Gasteiger partial charge in [0, 0.05) is 68.1 Å². The van der Waals surface area contributed by atoms with Crippen LogP contribution in [0.3, 0.4) is 0 Å². The quantitative estimate of drug-likeness (QED) is 0.269. The van der Waals surface area contributed by atoms with Gasteiger partial charge in [-0.05, 0) is 87.3 Å². The van der Waals surface area contributed by atoms with Gasteiger partial charge in [0.2, 0.25) is 11.8 Å². The number of aromatic nitrogens is 1. The summed E-state index contributed by atoms with van der Waals surface area (Å²) in [4.78, 5) is 67.8. The van der Waals surface area contributed by atoms with Crippen LogP contribution < -0.4 is 15.6 Å². The van der Waals surface area contributed by atoms with Gasteiger partial charge in [0.1, 0.15) is 34.6 Å². The number of hydrogen-bond acceptors (Lipinski definition) is 9. The summed E-state index contributed by atoms with van der Waals surface area (Å²) in [5.41, 5.74) is 1.50. The topological polar surface area (TPSA) is 164 Å². The molecule has 0 aliphatic carbocycles. The lowest BCUT2D eigenvalue weighted by Crippen LogP contribution is -2.54. The summed E-state index contributed by atoms with van der Waals surface area (Å²) in [6.07, 6.45) is 6.52. The van der Waals surface area contributed by atoms with E-state index >= 15 is 0 Å². The van der Waals surface area contributed by atoms with Crippen LogP contribution in [-0.2, 0) is 25.7 Å². The van der Waals surface area contributed by atoms with Crippen molar-refractivity contribution in [3.63, 3.8) is 0 Å². The Labute approximate surface area is 314 Å². The highest BCUT2D eigenvalue weighted by molar-refractivity contribution is 5.98. The van der Waals surface area contributed by atoms with E-state index in [1.807, 2.05) is 6.07 Å². The summed E-state index contributed by atoms with van der Waals surface area (Å²) in [6, 6.07) is 12.6. The fourth-order valence-electron chi connectivity index (χ4n) is 8.14. The van der Waals surface area contributed by atoms with Gasteiger partial charge in [-0.3, -0.25) is 19.2 Å². The van der Waals surface area contributed by atoms with Crippen LogP contribution in [0.1, 0.15) is 110 Å². The molecule has 2 aromatic carbocycles. The number of Topliss-reactive ketones (excluding diaryl/α,β-unsaturated/α-hetero) is 1. The maximum absolute atomic E-state index is 13.8. The molecule has 1 unspecified atom stereocenters. The number of benzene rings is 2. The van der Waals surface area contributed by atoms with Gasteiger partial charge in [0.15, 0.2) is 0 Å². The standard InChI is InChI=1S/C42H49N3O9/c1-25-9-7-12-31(46)11-6-4-5-10-29-20-35(47)39(40(50)38(29)42(52)54-25)33(28-15-17-32(53-3)18-16-28)21-36(48)43-26(2)41(51)44-22-27-19-30(24-44)34-13-8-14-37(49)45(34)23-27/h5,8,10,13-18,20,25-27,30,33,47,50H,4,6-7,9,11-12,19,21-24H2,1-3H3,(H,43,48)/t25-,26-,27+,30-,33?/m0/s1. The van der Waals surface area contributed by atoms with E-state index in [1.165, 1.54) is 13.2 Å². The number of amides is 2. The lowest BCUT2D eigenvalue weighted by molar-refractivity contribution is -0.138. The van der Waals surface area contributed by atoms with Crippen molar-refractivity contribution >= 4 is 29.6 Å². The fourth-order valence-corrected chi connectivity index (χ4v) is 8.14. The average molecular weight is 740 g/mol. The summed E-state index contributed by atoms with van der Waals surface area (Å²) in [6.45, 7) is 4.81. The largest absolute Gasteiger partial charge is 0.507 e. The summed E-state index contributed by atoms with van der Waals surface area (Å²) < 4.78 is 12.9. The van der Waals surface area contributed by atoms with E-state index in [1.54, 1.807) is 71.9 Å². The zero-order valence-electron chi connectivity index (χ0n) is 31.1. The van der Waals surface area contributed by atoms with Crippen LogP contribution in [-0.4, -0.2) is 75.6 Å². The van der Waals surface area contributed by atoms with E-state index in [0.717, 1.165) is 12.1 Å².